The number of terminal acetylenes is 1. The predicted molar refractivity (Wildman–Crippen MR) is 102 cm³/mol. The van der Waals surface area contributed by atoms with Crippen LogP contribution in [0.1, 0.15) is 24.0 Å². The van der Waals surface area contributed by atoms with Gasteiger partial charge in [0.2, 0.25) is 5.91 Å². The first-order valence-electron chi connectivity index (χ1n) is 9.56. The van der Waals surface area contributed by atoms with Gasteiger partial charge in [0.25, 0.3) is 0 Å². The minimum absolute atomic E-state index is 0.115. The van der Waals surface area contributed by atoms with E-state index in [0.717, 1.165) is 64.3 Å². The zero-order valence-corrected chi connectivity index (χ0v) is 15.5. The van der Waals surface area contributed by atoms with Crippen molar-refractivity contribution in [3.05, 3.63) is 35.4 Å². The summed E-state index contributed by atoms with van der Waals surface area (Å²) in [6.07, 6.45) is 7.14. The van der Waals surface area contributed by atoms with Crippen molar-refractivity contribution >= 4 is 5.91 Å². The lowest BCUT2D eigenvalue weighted by molar-refractivity contribution is -0.126. The Labute approximate surface area is 156 Å². The maximum Gasteiger partial charge on any atom is 0.223 e. The Balaban J connectivity index is 1.40. The zero-order chi connectivity index (χ0) is 18.2. The summed E-state index contributed by atoms with van der Waals surface area (Å²) in [5.74, 6) is 2.96. The van der Waals surface area contributed by atoms with E-state index in [9.17, 15) is 4.79 Å². The summed E-state index contributed by atoms with van der Waals surface area (Å²) in [6.45, 7) is 7.73. The minimum atomic E-state index is 0.115. The second-order valence-corrected chi connectivity index (χ2v) is 7.18. The number of morpholine rings is 1. The number of hydrogen-bond acceptors (Lipinski definition) is 4. The standard InChI is InChI=1S/C21H29N3O2/c1-2-9-23-10-7-20(8-11-23)21(25)22-16-18-3-5-19(6-4-18)17-24-12-14-26-15-13-24/h1,3-6,20H,7-17H2,(H,22,25). The Morgan fingerprint density at radius 1 is 1.08 bits per heavy atom. The maximum absolute atomic E-state index is 12.4. The third kappa shape index (κ3) is 5.57. The third-order valence-corrected chi connectivity index (χ3v) is 5.27. The molecule has 0 unspecified atom stereocenters. The molecule has 3 rings (SSSR count). The van der Waals surface area contributed by atoms with Gasteiger partial charge >= 0.3 is 0 Å². The van der Waals surface area contributed by atoms with E-state index in [1.807, 2.05) is 0 Å². The lowest BCUT2D eigenvalue weighted by Crippen LogP contribution is -2.40. The Hall–Kier alpha value is -1.87. The highest BCUT2D eigenvalue weighted by Gasteiger charge is 2.24. The van der Waals surface area contributed by atoms with E-state index >= 15 is 0 Å². The number of rotatable bonds is 6. The molecule has 0 aliphatic carbocycles. The molecule has 1 aromatic rings. The van der Waals surface area contributed by atoms with Crippen LogP contribution in [0.3, 0.4) is 0 Å². The van der Waals surface area contributed by atoms with Gasteiger partial charge in [-0.15, -0.1) is 6.42 Å². The number of piperidine rings is 1. The average molecular weight is 355 g/mol. The van der Waals surface area contributed by atoms with Gasteiger partial charge in [-0.2, -0.15) is 0 Å². The highest BCUT2D eigenvalue weighted by atomic mass is 16.5. The van der Waals surface area contributed by atoms with Crippen molar-refractivity contribution in [3.63, 3.8) is 0 Å². The van der Waals surface area contributed by atoms with Crippen LogP contribution in [0.2, 0.25) is 0 Å². The Morgan fingerprint density at radius 3 is 2.38 bits per heavy atom. The van der Waals surface area contributed by atoms with Crippen molar-refractivity contribution in [2.24, 2.45) is 5.92 Å². The van der Waals surface area contributed by atoms with Crippen molar-refractivity contribution in [2.75, 3.05) is 45.9 Å². The molecule has 0 spiro atoms. The van der Waals surface area contributed by atoms with Crippen LogP contribution in [-0.2, 0) is 22.6 Å². The molecule has 2 saturated heterocycles. The lowest BCUT2D eigenvalue weighted by Gasteiger charge is -2.29. The number of carbonyl (C=O) groups is 1. The Bertz CT molecular complexity index is 609. The van der Waals surface area contributed by atoms with Gasteiger partial charge in [0.05, 0.1) is 19.8 Å². The van der Waals surface area contributed by atoms with E-state index in [1.54, 1.807) is 0 Å². The van der Waals surface area contributed by atoms with Crippen LogP contribution in [0.15, 0.2) is 24.3 Å². The SMILES string of the molecule is C#CCN1CCC(C(=O)NCc2ccc(CN3CCOCC3)cc2)CC1. The van der Waals surface area contributed by atoms with E-state index in [-0.39, 0.29) is 11.8 Å². The van der Waals surface area contributed by atoms with Crippen molar-refractivity contribution < 1.29 is 9.53 Å². The number of likely N-dealkylation sites (tertiary alicyclic amines) is 1. The van der Waals surface area contributed by atoms with Crippen LogP contribution in [-0.4, -0.2) is 61.6 Å². The molecular formula is C21H29N3O2. The fraction of sp³-hybridized carbons (Fsp3) is 0.571. The summed E-state index contributed by atoms with van der Waals surface area (Å²) >= 11 is 0. The van der Waals surface area contributed by atoms with Gasteiger partial charge in [-0.3, -0.25) is 14.6 Å². The second-order valence-electron chi connectivity index (χ2n) is 7.18. The maximum atomic E-state index is 12.4. The zero-order valence-electron chi connectivity index (χ0n) is 15.5. The first kappa shape index (κ1) is 18.9. The quantitative estimate of drug-likeness (QED) is 0.785. The molecule has 0 atom stereocenters. The van der Waals surface area contributed by atoms with Gasteiger partial charge in [-0.1, -0.05) is 30.2 Å². The molecule has 2 heterocycles. The van der Waals surface area contributed by atoms with E-state index in [0.29, 0.717) is 13.1 Å². The summed E-state index contributed by atoms with van der Waals surface area (Å²) in [6, 6.07) is 8.56. The molecule has 2 aliphatic heterocycles. The van der Waals surface area contributed by atoms with Crippen molar-refractivity contribution in [1.82, 2.24) is 15.1 Å². The Morgan fingerprint density at radius 2 is 1.73 bits per heavy atom. The van der Waals surface area contributed by atoms with Crippen molar-refractivity contribution in [3.8, 4) is 12.3 Å². The van der Waals surface area contributed by atoms with Gasteiger partial charge in [0, 0.05) is 32.1 Å². The summed E-state index contributed by atoms with van der Waals surface area (Å²) in [5, 5.41) is 3.09. The number of benzene rings is 1. The highest BCUT2D eigenvalue weighted by molar-refractivity contribution is 5.78. The van der Waals surface area contributed by atoms with Crippen molar-refractivity contribution in [1.29, 1.82) is 0 Å². The summed E-state index contributed by atoms with van der Waals surface area (Å²) in [5.41, 5.74) is 2.46. The number of nitrogens with one attached hydrogen (secondary N) is 1. The molecular weight excluding hydrogens is 326 g/mol. The number of ether oxygens (including phenoxy) is 1. The van der Waals surface area contributed by atoms with Crippen LogP contribution in [0.4, 0.5) is 0 Å². The van der Waals surface area contributed by atoms with Gasteiger partial charge in [0.15, 0.2) is 0 Å². The van der Waals surface area contributed by atoms with E-state index in [2.05, 4.69) is 45.3 Å². The Kier molecular flexibility index (Phi) is 7.07. The summed E-state index contributed by atoms with van der Waals surface area (Å²) in [4.78, 5) is 17.0. The van der Waals surface area contributed by atoms with Gasteiger partial charge < -0.3 is 10.1 Å². The van der Waals surface area contributed by atoms with Crippen LogP contribution in [0.25, 0.3) is 0 Å². The fourth-order valence-corrected chi connectivity index (χ4v) is 3.60. The first-order valence-corrected chi connectivity index (χ1v) is 9.56. The summed E-state index contributed by atoms with van der Waals surface area (Å²) in [7, 11) is 0. The number of amides is 1. The van der Waals surface area contributed by atoms with Crippen molar-refractivity contribution in [2.45, 2.75) is 25.9 Å². The van der Waals surface area contributed by atoms with E-state index < -0.39 is 0 Å². The highest BCUT2D eigenvalue weighted by Crippen LogP contribution is 2.17. The molecule has 140 valence electrons. The van der Waals surface area contributed by atoms with Crippen LogP contribution >= 0.6 is 0 Å². The van der Waals surface area contributed by atoms with Gasteiger partial charge in [-0.05, 0) is 37.1 Å². The molecule has 2 fully saturated rings. The monoisotopic (exact) mass is 355 g/mol. The fourth-order valence-electron chi connectivity index (χ4n) is 3.60. The number of carbonyl (C=O) groups excluding carboxylic acids is 1. The van der Waals surface area contributed by atoms with Gasteiger partial charge in [0.1, 0.15) is 0 Å². The molecule has 0 saturated carbocycles. The second kappa shape index (κ2) is 9.72. The molecule has 1 amide bonds. The summed E-state index contributed by atoms with van der Waals surface area (Å²) < 4.78 is 5.39. The van der Waals surface area contributed by atoms with Crippen LogP contribution in [0.5, 0.6) is 0 Å². The molecule has 0 radical (unpaired) electrons. The predicted octanol–water partition coefficient (Wildman–Crippen LogP) is 1.48. The third-order valence-electron chi connectivity index (χ3n) is 5.27. The molecule has 0 aromatic heterocycles. The average Bonchev–Trinajstić information content (AvgIpc) is 2.69. The van der Waals surface area contributed by atoms with Crippen LogP contribution in [0, 0.1) is 18.3 Å². The smallest absolute Gasteiger partial charge is 0.223 e. The normalized spacial score (nSPS) is 19.8. The topological polar surface area (TPSA) is 44.8 Å². The minimum Gasteiger partial charge on any atom is -0.379 e. The lowest BCUT2D eigenvalue weighted by atomic mass is 9.96. The molecule has 26 heavy (non-hydrogen) atoms. The first-order chi connectivity index (χ1) is 12.7. The molecule has 2 aliphatic rings. The molecule has 0 bridgehead atoms. The van der Waals surface area contributed by atoms with Gasteiger partial charge in [-0.25, -0.2) is 0 Å². The van der Waals surface area contributed by atoms with E-state index in [1.165, 1.54) is 5.56 Å². The molecule has 5 heteroatoms. The molecule has 1 aromatic carbocycles. The molecule has 5 nitrogen and oxygen atoms in total. The number of hydrogen-bond donors (Lipinski definition) is 1. The largest absolute Gasteiger partial charge is 0.379 e. The van der Waals surface area contributed by atoms with E-state index in [4.69, 9.17) is 11.2 Å². The van der Waals surface area contributed by atoms with Crippen LogP contribution < -0.4 is 5.32 Å². The molecule has 1 N–H and O–H groups in total. The number of nitrogens with zero attached hydrogens (tertiary/aromatic N) is 2.